The Hall–Kier alpha value is -3.86. The summed E-state index contributed by atoms with van der Waals surface area (Å²) in [6, 6.07) is 16.9. The molecule has 38 heavy (non-hydrogen) atoms. The molecule has 0 amide bonds. The van der Waals surface area contributed by atoms with E-state index in [-0.39, 0.29) is 29.4 Å². The minimum atomic E-state index is -6.02. The average molecular weight is 535 g/mol. The Balaban J connectivity index is 1.91. The Labute approximate surface area is 213 Å². The molecule has 1 aromatic heterocycles. The van der Waals surface area contributed by atoms with Crippen LogP contribution in [0.1, 0.15) is 30.8 Å². The van der Waals surface area contributed by atoms with Gasteiger partial charge in [0, 0.05) is 23.7 Å². The molecule has 0 bridgehead atoms. The molecule has 2 N–H and O–H groups in total. The first-order valence-electron chi connectivity index (χ1n) is 11.6. The molecule has 0 spiro atoms. The summed E-state index contributed by atoms with van der Waals surface area (Å²) in [5.41, 5.74) is -5.25. The van der Waals surface area contributed by atoms with Crippen LogP contribution in [0.5, 0.6) is 0 Å². The van der Waals surface area contributed by atoms with E-state index in [1.807, 2.05) is 13.8 Å². The van der Waals surface area contributed by atoms with Gasteiger partial charge in [-0.15, -0.1) is 0 Å². The Morgan fingerprint density at radius 1 is 0.895 bits per heavy atom. The minimum Gasteiger partial charge on any atom is -0.383 e. The van der Waals surface area contributed by atoms with Crippen molar-refractivity contribution in [1.82, 2.24) is 9.55 Å². The topological polar surface area (TPSA) is 67.2 Å². The monoisotopic (exact) mass is 535 g/mol. The molecule has 11 heteroatoms. The second-order valence-electron chi connectivity index (χ2n) is 9.11. The maximum Gasteiger partial charge on any atom is 0.430 e. The van der Waals surface area contributed by atoms with E-state index < -0.39 is 29.1 Å². The number of halogens is 6. The first kappa shape index (κ1) is 27.2. The zero-order valence-corrected chi connectivity index (χ0v) is 20.2. The number of fused-ring (bicyclic) bond motifs is 1. The lowest BCUT2D eigenvalue weighted by atomic mass is 9.92. The van der Waals surface area contributed by atoms with Crippen molar-refractivity contribution in [3.8, 4) is 5.69 Å². The molecule has 4 rings (SSSR count). The smallest absolute Gasteiger partial charge is 0.383 e. The van der Waals surface area contributed by atoms with Crippen LogP contribution in [0.25, 0.3) is 16.6 Å². The Morgan fingerprint density at radius 3 is 2.05 bits per heavy atom. The summed E-state index contributed by atoms with van der Waals surface area (Å²) < 4.78 is 81.2. The summed E-state index contributed by atoms with van der Waals surface area (Å²) in [5.74, 6) is 0.230. The van der Waals surface area contributed by atoms with Crippen molar-refractivity contribution < 1.29 is 31.4 Å². The van der Waals surface area contributed by atoms with Gasteiger partial charge >= 0.3 is 12.4 Å². The van der Waals surface area contributed by atoms with Crippen LogP contribution in [0.15, 0.2) is 77.6 Å². The van der Waals surface area contributed by atoms with E-state index in [1.54, 1.807) is 48.5 Å². The number of hydrogen-bond acceptors (Lipinski definition) is 4. The minimum absolute atomic E-state index is 0.00648. The average Bonchev–Trinajstić information content (AvgIpc) is 2.83. The number of nitrogens with zero attached hydrogens (tertiary/aromatic N) is 2. The Bertz CT molecular complexity index is 1480. The predicted molar refractivity (Wildman–Crippen MR) is 131 cm³/mol. The third kappa shape index (κ3) is 4.98. The van der Waals surface area contributed by atoms with Gasteiger partial charge in [-0.05, 0) is 49.7 Å². The number of aliphatic hydroxyl groups is 1. The van der Waals surface area contributed by atoms with E-state index in [9.17, 15) is 36.2 Å². The van der Waals surface area contributed by atoms with Crippen molar-refractivity contribution in [2.75, 3.05) is 5.32 Å². The van der Waals surface area contributed by atoms with Gasteiger partial charge in [-0.1, -0.05) is 42.5 Å². The van der Waals surface area contributed by atoms with Crippen LogP contribution in [0.2, 0.25) is 0 Å². The first-order valence-corrected chi connectivity index (χ1v) is 11.6. The van der Waals surface area contributed by atoms with Gasteiger partial charge in [0.1, 0.15) is 5.82 Å². The van der Waals surface area contributed by atoms with Crippen LogP contribution in [0, 0.1) is 0 Å². The highest BCUT2D eigenvalue weighted by atomic mass is 19.4. The van der Waals surface area contributed by atoms with Crippen LogP contribution in [0.4, 0.5) is 32.0 Å². The Morgan fingerprint density at radius 2 is 1.50 bits per heavy atom. The molecular formula is C27H23F6N3O2. The predicted octanol–water partition coefficient (Wildman–Crippen LogP) is 6.11. The molecule has 0 saturated carbocycles. The molecule has 0 saturated heterocycles. The normalized spacial score (nSPS) is 12.8. The van der Waals surface area contributed by atoms with Gasteiger partial charge in [-0.3, -0.25) is 9.36 Å². The Kier molecular flexibility index (Phi) is 7.00. The van der Waals surface area contributed by atoms with Crippen molar-refractivity contribution in [1.29, 1.82) is 0 Å². The van der Waals surface area contributed by atoms with Gasteiger partial charge in [0.2, 0.25) is 0 Å². The first-order chi connectivity index (χ1) is 17.7. The molecule has 0 aliphatic rings. The van der Waals surface area contributed by atoms with E-state index in [2.05, 4.69) is 10.3 Å². The fourth-order valence-electron chi connectivity index (χ4n) is 4.16. The second-order valence-corrected chi connectivity index (χ2v) is 9.11. The standard InChI is InChI=1S/C27H23F6N3O2/c1-16(2)34-19-10-13-22-21(15-19)24(37)36(23(35-22)14-17-6-4-3-5-7-17)20-11-8-18(9-12-20)25(38,26(28,29)30)27(31,32)33/h3-13,15-16,34,38H,14H2,1-2H3. The van der Waals surface area contributed by atoms with Gasteiger partial charge in [-0.2, -0.15) is 26.3 Å². The lowest BCUT2D eigenvalue weighted by molar-refractivity contribution is -0.376. The fraction of sp³-hybridized carbons (Fsp3) is 0.259. The summed E-state index contributed by atoms with van der Waals surface area (Å²) in [5, 5.41) is 13.1. The zero-order valence-electron chi connectivity index (χ0n) is 20.2. The summed E-state index contributed by atoms with van der Waals surface area (Å²) in [6.45, 7) is 3.82. The fourth-order valence-corrected chi connectivity index (χ4v) is 4.16. The van der Waals surface area contributed by atoms with E-state index in [0.29, 0.717) is 23.3 Å². The van der Waals surface area contributed by atoms with Crippen LogP contribution in [-0.4, -0.2) is 33.1 Å². The number of aromatic nitrogens is 2. The quantitative estimate of drug-likeness (QED) is 0.293. The van der Waals surface area contributed by atoms with Gasteiger partial charge < -0.3 is 10.4 Å². The highest BCUT2D eigenvalue weighted by molar-refractivity contribution is 5.82. The second kappa shape index (κ2) is 9.79. The maximum absolute atomic E-state index is 13.7. The molecule has 0 aliphatic heterocycles. The number of anilines is 1. The summed E-state index contributed by atoms with van der Waals surface area (Å²) in [4.78, 5) is 18.3. The zero-order chi connectivity index (χ0) is 27.9. The van der Waals surface area contributed by atoms with Crippen molar-refractivity contribution in [3.63, 3.8) is 0 Å². The van der Waals surface area contributed by atoms with Gasteiger partial charge in [0.25, 0.3) is 11.2 Å². The van der Waals surface area contributed by atoms with E-state index in [1.165, 1.54) is 0 Å². The van der Waals surface area contributed by atoms with Crippen molar-refractivity contribution in [2.24, 2.45) is 0 Å². The highest BCUT2D eigenvalue weighted by Crippen LogP contribution is 2.50. The molecular weight excluding hydrogens is 512 g/mol. The summed E-state index contributed by atoms with van der Waals surface area (Å²) in [6.07, 6.45) is -11.9. The molecule has 1 heterocycles. The largest absolute Gasteiger partial charge is 0.430 e. The maximum atomic E-state index is 13.7. The lowest BCUT2D eigenvalue weighted by Gasteiger charge is -2.32. The van der Waals surface area contributed by atoms with Crippen molar-refractivity contribution in [3.05, 3.63) is 100 Å². The van der Waals surface area contributed by atoms with Crippen molar-refractivity contribution in [2.45, 2.75) is 44.3 Å². The van der Waals surface area contributed by atoms with Gasteiger partial charge in [0.05, 0.1) is 16.6 Å². The molecule has 0 unspecified atom stereocenters. The molecule has 0 fully saturated rings. The summed E-state index contributed by atoms with van der Waals surface area (Å²) >= 11 is 0. The molecule has 0 atom stereocenters. The third-order valence-electron chi connectivity index (χ3n) is 5.96. The number of alkyl halides is 6. The third-order valence-corrected chi connectivity index (χ3v) is 5.96. The summed E-state index contributed by atoms with van der Waals surface area (Å²) in [7, 11) is 0. The number of rotatable bonds is 6. The van der Waals surface area contributed by atoms with Crippen LogP contribution < -0.4 is 10.9 Å². The van der Waals surface area contributed by atoms with Crippen LogP contribution in [-0.2, 0) is 12.0 Å². The SMILES string of the molecule is CC(C)Nc1ccc2nc(Cc3ccccc3)n(-c3ccc(C(O)(C(F)(F)F)C(F)(F)F)cc3)c(=O)c2c1. The number of hydrogen-bond donors (Lipinski definition) is 2. The highest BCUT2D eigenvalue weighted by Gasteiger charge is 2.71. The van der Waals surface area contributed by atoms with Crippen LogP contribution in [0.3, 0.4) is 0 Å². The molecule has 4 aromatic rings. The molecule has 200 valence electrons. The van der Waals surface area contributed by atoms with E-state index in [0.717, 1.165) is 22.3 Å². The van der Waals surface area contributed by atoms with Gasteiger partial charge in [0.15, 0.2) is 0 Å². The van der Waals surface area contributed by atoms with E-state index in [4.69, 9.17) is 0 Å². The van der Waals surface area contributed by atoms with Crippen molar-refractivity contribution >= 4 is 16.6 Å². The molecule has 5 nitrogen and oxygen atoms in total. The molecule has 0 aliphatic carbocycles. The van der Waals surface area contributed by atoms with Crippen LogP contribution >= 0.6 is 0 Å². The van der Waals surface area contributed by atoms with Gasteiger partial charge in [-0.25, -0.2) is 4.98 Å². The molecule has 3 aromatic carbocycles. The van der Waals surface area contributed by atoms with E-state index >= 15 is 0 Å². The lowest BCUT2D eigenvalue weighted by Crippen LogP contribution is -2.53. The number of nitrogens with one attached hydrogen (secondary N) is 1. The number of benzene rings is 3. The molecule has 0 radical (unpaired) electrons.